The predicted molar refractivity (Wildman–Crippen MR) is 78.3 cm³/mol. The average molecular weight is 308 g/mol. The maximum atomic E-state index is 11.0. The number of carboxylic acid groups (broad SMARTS) is 1. The van der Waals surface area contributed by atoms with Crippen LogP contribution in [-0.4, -0.2) is 23.1 Å². The van der Waals surface area contributed by atoms with E-state index in [1.54, 1.807) is 12.1 Å². The largest absolute Gasteiger partial charge is 0.495 e. The molecule has 0 unspecified atom stereocenters. The highest BCUT2D eigenvalue weighted by atomic mass is 32.1. The standard InChI is InChI=1S/C13H12N2O5S/c1-20-11-4-2-8(13(16)17)6-10(11)14-7-9-3-5-12(21-9)15(18)19/h2-6,14H,7H2,1H3,(H,16,17). The molecule has 8 heteroatoms. The number of methoxy groups -OCH3 is 1. The molecule has 0 saturated heterocycles. The lowest BCUT2D eigenvalue weighted by molar-refractivity contribution is -0.380. The molecule has 0 aliphatic rings. The molecule has 0 aliphatic heterocycles. The van der Waals surface area contributed by atoms with Crippen LogP contribution in [0.15, 0.2) is 30.3 Å². The number of aromatic carboxylic acids is 1. The summed E-state index contributed by atoms with van der Waals surface area (Å²) < 4.78 is 5.15. The molecule has 1 heterocycles. The zero-order valence-corrected chi connectivity index (χ0v) is 11.8. The second-order valence-corrected chi connectivity index (χ2v) is 5.22. The zero-order valence-electron chi connectivity index (χ0n) is 11.0. The normalized spacial score (nSPS) is 10.1. The van der Waals surface area contributed by atoms with E-state index < -0.39 is 10.9 Å². The predicted octanol–water partition coefficient (Wildman–Crippen LogP) is 2.98. The van der Waals surface area contributed by atoms with Gasteiger partial charge in [-0.25, -0.2) is 4.79 Å². The fourth-order valence-electron chi connectivity index (χ4n) is 1.72. The summed E-state index contributed by atoms with van der Waals surface area (Å²) in [5.41, 5.74) is 0.656. The number of hydrogen-bond acceptors (Lipinski definition) is 6. The van der Waals surface area contributed by atoms with Crippen LogP contribution in [-0.2, 0) is 6.54 Å². The molecular formula is C13H12N2O5S. The quantitative estimate of drug-likeness (QED) is 0.628. The number of nitrogens with zero attached hydrogens (tertiary/aromatic N) is 1. The number of thiophene rings is 1. The fourth-order valence-corrected chi connectivity index (χ4v) is 2.48. The maximum absolute atomic E-state index is 11.0. The Hall–Kier alpha value is -2.61. The first-order chi connectivity index (χ1) is 10.0. The number of nitro groups is 1. The summed E-state index contributed by atoms with van der Waals surface area (Å²) in [6.07, 6.45) is 0. The van der Waals surface area contributed by atoms with Crippen molar-refractivity contribution in [1.29, 1.82) is 0 Å². The Labute approximate surface area is 123 Å². The number of carbonyl (C=O) groups is 1. The van der Waals surface area contributed by atoms with E-state index in [4.69, 9.17) is 9.84 Å². The number of carboxylic acids is 1. The summed E-state index contributed by atoms with van der Waals surface area (Å²) in [6, 6.07) is 7.56. The summed E-state index contributed by atoms with van der Waals surface area (Å²) in [5.74, 6) is -0.529. The van der Waals surface area contributed by atoms with Gasteiger partial charge in [-0.05, 0) is 24.3 Å². The summed E-state index contributed by atoms with van der Waals surface area (Å²) in [5, 5.41) is 22.7. The molecule has 1 aromatic heterocycles. The molecular weight excluding hydrogens is 296 g/mol. The molecule has 0 radical (unpaired) electrons. The smallest absolute Gasteiger partial charge is 0.335 e. The molecule has 0 spiro atoms. The molecule has 2 N–H and O–H groups in total. The van der Waals surface area contributed by atoms with Gasteiger partial charge in [0.15, 0.2) is 0 Å². The number of ether oxygens (including phenoxy) is 1. The van der Waals surface area contributed by atoms with Crippen LogP contribution in [0.2, 0.25) is 0 Å². The van der Waals surface area contributed by atoms with Gasteiger partial charge >= 0.3 is 11.0 Å². The minimum atomic E-state index is -1.03. The lowest BCUT2D eigenvalue weighted by atomic mass is 10.2. The van der Waals surface area contributed by atoms with Gasteiger partial charge in [-0.2, -0.15) is 0 Å². The van der Waals surface area contributed by atoms with Gasteiger partial charge in [0.05, 0.1) is 23.3 Å². The van der Waals surface area contributed by atoms with Crippen molar-refractivity contribution in [3.63, 3.8) is 0 Å². The van der Waals surface area contributed by atoms with Crippen molar-refractivity contribution < 1.29 is 19.6 Å². The monoisotopic (exact) mass is 308 g/mol. The van der Waals surface area contributed by atoms with Crippen LogP contribution in [0.4, 0.5) is 10.7 Å². The van der Waals surface area contributed by atoms with Gasteiger partial charge in [0.2, 0.25) is 0 Å². The second kappa shape index (κ2) is 6.23. The molecule has 7 nitrogen and oxygen atoms in total. The Bertz CT molecular complexity index is 683. The topological polar surface area (TPSA) is 102 Å². The first-order valence-corrected chi connectivity index (χ1v) is 6.71. The average Bonchev–Trinajstić information content (AvgIpc) is 2.93. The third-order valence-corrected chi connectivity index (χ3v) is 3.76. The van der Waals surface area contributed by atoms with E-state index >= 15 is 0 Å². The van der Waals surface area contributed by atoms with E-state index in [2.05, 4.69) is 5.32 Å². The number of anilines is 1. The van der Waals surface area contributed by atoms with Gasteiger partial charge in [-0.3, -0.25) is 10.1 Å². The minimum absolute atomic E-state index is 0.0676. The van der Waals surface area contributed by atoms with E-state index in [9.17, 15) is 14.9 Å². The molecule has 0 aliphatic carbocycles. The van der Waals surface area contributed by atoms with Gasteiger partial charge in [-0.1, -0.05) is 11.3 Å². The third-order valence-electron chi connectivity index (χ3n) is 2.73. The number of rotatable bonds is 6. The SMILES string of the molecule is COc1ccc(C(=O)O)cc1NCc1ccc([N+](=O)[O-])s1. The van der Waals surface area contributed by atoms with Crippen molar-refractivity contribution >= 4 is 28.0 Å². The molecule has 0 bridgehead atoms. The van der Waals surface area contributed by atoms with Gasteiger partial charge < -0.3 is 15.2 Å². The van der Waals surface area contributed by atoms with Gasteiger partial charge in [0, 0.05) is 17.5 Å². The van der Waals surface area contributed by atoms with Crippen LogP contribution >= 0.6 is 11.3 Å². The van der Waals surface area contributed by atoms with Crippen molar-refractivity contribution in [3.8, 4) is 5.75 Å². The molecule has 0 atom stereocenters. The highest BCUT2D eigenvalue weighted by Gasteiger charge is 2.12. The van der Waals surface area contributed by atoms with E-state index in [0.29, 0.717) is 18.0 Å². The zero-order chi connectivity index (χ0) is 15.4. The van der Waals surface area contributed by atoms with Crippen molar-refractivity contribution in [2.24, 2.45) is 0 Å². The Balaban J connectivity index is 2.15. The second-order valence-electron chi connectivity index (χ2n) is 4.07. The molecule has 110 valence electrons. The lowest BCUT2D eigenvalue weighted by Gasteiger charge is -2.11. The van der Waals surface area contributed by atoms with Gasteiger partial charge in [-0.15, -0.1) is 0 Å². The van der Waals surface area contributed by atoms with Crippen LogP contribution in [0, 0.1) is 10.1 Å². The number of nitrogens with one attached hydrogen (secondary N) is 1. The van der Waals surface area contributed by atoms with Gasteiger partial charge in [0.1, 0.15) is 5.75 Å². The molecule has 0 amide bonds. The van der Waals surface area contributed by atoms with Crippen LogP contribution in [0.25, 0.3) is 0 Å². The van der Waals surface area contributed by atoms with Crippen molar-refractivity contribution in [3.05, 3.63) is 50.9 Å². The Morgan fingerprint density at radius 3 is 2.76 bits per heavy atom. The van der Waals surface area contributed by atoms with Crippen molar-refractivity contribution in [1.82, 2.24) is 0 Å². The molecule has 0 saturated carbocycles. The maximum Gasteiger partial charge on any atom is 0.335 e. The van der Waals surface area contributed by atoms with Crippen LogP contribution in [0.5, 0.6) is 5.75 Å². The first-order valence-electron chi connectivity index (χ1n) is 5.89. The van der Waals surface area contributed by atoms with Gasteiger partial charge in [0.25, 0.3) is 0 Å². The van der Waals surface area contributed by atoms with Crippen molar-refractivity contribution in [2.45, 2.75) is 6.54 Å². The lowest BCUT2D eigenvalue weighted by Crippen LogP contribution is -2.03. The van der Waals surface area contributed by atoms with E-state index in [1.807, 2.05) is 0 Å². The highest BCUT2D eigenvalue weighted by molar-refractivity contribution is 7.15. The van der Waals surface area contributed by atoms with Crippen LogP contribution in [0.1, 0.15) is 15.2 Å². The molecule has 1 aromatic carbocycles. The van der Waals surface area contributed by atoms with Crippen LogP contribution < -0.4 is 10.1 Å². The minimum Gasteiger partial charge on any atom is -0.495 e. The Morgan fingerprint density at radius 2 is 2.19 bits per heavy atom. The Morgan fingerprint density at radius 1 is 1.43 bits per heavy atom. The van der Waals surface area contributed by atoms with Crippen LogP contribution in [0.3, 0.4) is 0 Å². The number of benzene rings is 1. The first kappa shape index (κ1) is 14.8. The molecule has 0 fully saturated rings. The highest BCUT2D eigenvalue weighted by Crippen LogP contribution is 2.28. The third kappa shape index (κ3) is 3.48. The summed E-state index contributed by atoms with van der Waals surface area (Å²) in [4.78, 5) is 21.9. The fraction of sp³-hybridized carbons (Fsp3) is 0.154. The number of hydrogen-bond donors (Lipinski definition) is 2. The summed E-state index contributed by atoms with van der Waals surface area (Å²) in [7, 11) is 1.48. The molecule has 2 rings (SSSR count). The molecule has 2 aromatic rings. The van der Waals surface area contributed by atoms with E-state index in [1.165, 1.54) is 25.3 Å². The molecule has 21 heavy (non-hydrogen) atoms. The van der Waals surface area contributed by atoms with E-state index in [-0.39, 0.29) is 10.6 Å². The Kier molecular flexibility index (Phi) is 4.39. The van der Waals surface area contributed by atoms with E-state index in [0.717, 1.165) is 16.2 Å². The van der Waals surface area contributed by atoms with Crippen molar-refractivity contribution in [2.75, 3.05) is 12.4 Å². The summed E-state index contributed by atoms with van der Waals surface area (Å²) in [6.45, 7) is 0.345. The summed E-state index contributed by atoms with van der Waals surface area (Å²) >= 11 is 1.07.